The third-order valence-electron chi connectivity index (χ3n) is 4.67. The van der Waals surface area contributed by atoms with Gasteiger partial charge in [0.2, 0.25) is 5.91 Å². The molecule has 21 heavy (non-hydrogen) atoms. The summed E-state index contributed by atoms with van der Waals surface area (Å²) in [6.45, 7) is 3.84. The number of hydrogen-bond donors (Lipinski definition) is 3. The fourth-order valence-corrected chi connectivity index (χ4v) is 2.81. The molecular formula is C16H23N3O2. The van der Waals surface area contributed by atoms with Crippen molar-refractivity contribution in [1.29, 1.82) is 0 Å². The van der Waals surface area contributed by atoms with E-state index >= 15 is 0 Å². The number of carbonyl (C=O) groups is 1. The molecule has 2 rings (SSSR count). The van der Waals surface area contributed by atoms with E-state index in [0.717, 1.165) is 18.4 Å². The number of nitrogens with one attached hydrogen (secondary N) is 1. The average Bonchev–Trinajstić information content (AvgIpc) is 3.34. The van der Waals surface area contributed by atoms with Crippen molar-refractivity contribution < 1.29 is 10.0 Å². The van der Waals surface area contributed by atoms with Crippen LogP contribution in [0.4, 0.5) is 0 Å². The zero-order valence-electron chi connectivity index (χ0n) is 12.6. The van der Waals surface area contributed by atoms with E-state index in [1.807, 2.05) is 44.2 Å². The van der Waals surface area contributed by atoms with E-state index < -0.39 is 11.0 Å². The molecule has 0 spiro atoms. The van der Waals surface area contributed by atoms with E-state index in [1.165, 1.54) is 0 Å². The molecule has 5 nitrogen and oxygen atoms in total. The van der Waals surface area contributed by atoms with Gasteiger partial charge < -0.3 is 16.3 Å². The molecule has 1 aliphatic carbocycles. The highest BCUT2D eigenvalue weighted by molar-refractivity contribution is 5.98. The van der Waals surface area contributed by atoms with Crippen LogP contribution in [0.15, 0.2) is 35.5 Å². The zero-order valence-corrected chi connectivity index (χ0v) is 12.6. The Labute approximate surface area is 125 Å². The van der Waals surface area contributed by atoms with E-state index in [2.05, 4.69) is 10.5 Å². The minimum Gasteiger partial charge on any atom is -0.409 e. The molecule has 5 heteroatoms. The first-order valence-electron chi connectivity index (χ1n) is 7.41. The van der Waals surface area contributed by atoms with Gasteiger partial charge in [-0.25, -0.2) is 0 Å². The lowest BCUT2D eigenvalue weighted by molar-refractivity contribution is -0.125. The smallest absolute Gasteiger partial charge is 0.231 e. The highest BCUT2D eigenvalue weighted by Crippen LogP contribution is 2.48. The monoisotopic (exact) mass is 289 g/mol. The van der Waals surface area contributed by atoms with E-state index in [-0.39, 0.29) is 11.7 Å². The Morgan fingerprint density at radius 3 is 2.33 bits per heavy atom. The molecule has 0 aliphatic heterocycles. The van der Waals surface area contributed by atoms with Gasteiger partial charge in [0.15, 0.2) is 5.84 Å². The van der Waals surface area contributed by atoms with Crippen molar-refractivity contribution in [3.8, 4) is 0 Å². The molecule has 114 valence electrons. The van der Waals surface area contributed by atoms with Crippen molar-refractivity contribution in [2.75, 3.05) is 0 Å². The van der Waals surface area contributed by atoms with Gasteiger partial charge >= 0.3 is 0 Å². The first-order valence-corrected chi connectivity index (χ1v) is 7.41. The van der Waals surface area contributed by atoms with Crippen molar-refractivity contribution >= 4 is 11.7 Å². The Kier molecular flexibility index (Phi) is 4.21. The summed E-state index contributed by atoms with van der Waals surface area (Å²) in [5.41, 5.74) is 5.61. The number of oxime groups is 1. The Bertz CT molecular complexity index is 532. The predicted molar refractivity (Wildman–Crippen MR) is 82.2 cm³/mol. The number of nitrogens with zero attached hydrogens (tertiary/aromatic N) is 1. The van der Waals surface area contributed by atoms with Crippen LogP contribution in [0.5, 0.6) is 0 Å². The van der Waals surface area contributed by atoms with E-state index in [9.17, 15) is 4.79 Å². The van der Waals surface area contributed by atoms with Crippen molar-refractivity contribution in [2.24, 2.45) is 10.9 Å². The molecule has 1 aliphatic rings. The maximum atomic E-state index is 12.8. The molecule has 4 N–H and O–H groups in total. The van der Waals surface area contributed by atoms with Crippen LogP contribution in [0.2, 0.25) is 0 Å². The van der Waals surface area contributed by atoms with Crippen molar-refractivity contribution in [1.82, 2.24) is 5.32 Å². The van der Waals surface area contributed by atoms with Gasteiger partial charge in [-0.15, -0.1) is 0 Å². The molecule has 0 heterocycles. The molecule has 0 saturated heterocycles. The number of carbonyl (C=O) groups excluding carboxylic acids is 1. The normalized spacial score (nSPS) is 17.3. The fraction of sp³-hybridized carbons (Fsp3) is 0.500. The molecule has 1 aromatic rings. The van der Waals surface area contributed by atoms with E-state index in [1.54, 1.807) is 0 Å². The molecule has 0 aromatic heterocycles. The molecule has 0 unspecified atom stereocenters. The van der Waals surface area contributed by atoms with E-state index in [0.29, 0.717) is 12.8 Å². The van der Waals surface area contributed by atoms with Gasteiger partial charge in [0, 0.05) is 0 Å². The Morgan fingerprint density at radius 2 is 1.90 bits per heavy atom. The largest absolute Gasteiger partial charge is 0.409 e. The third kappa shape index (κ3) is 2.60. The van der Waals surface area contributed by atoms with Crippen molar-refractivity contribution in [3.05, 3.63) is 35.9 Å². The second kappa shape index (κ2) is 5.76. The summed E-state index contributed by atoms with van der Waals surface area (Å²) in [6.07, 6.45) is 2.83. The Balaban J connectivity index is 2.25. The number of rotatable bonds is 6. The topological polar surface area (TPSA) is 87.7 Å². The lowest BCUT2D eigenvalue weighted by atomic mass is 9.88. The molecular weight excluding hydrogens is 266 g/mol. The number of amidine groups is 1. The highest BCUT2D eigenvalue weighted by Gasteiger charge is 2.53. The quantitative estimate of drug-likeness (QED) is 0.324. The standard InChI is InChI=1S/C16H23N3O2/c1-3-16(4-2,13(17)19-21)18-14(20)15(10-11-15)12-8-6-5-7-9-12/h5-9,21H,3-4,10-11H2,1-2H3,(H2,17,19)(H,18,20). The number of amides is 1. The number of benzene rings is 1. The van der Waals surface area contributed by atoms with Gasteiger partial charge in [0.1, 0.15) is 5.54 Å². The lowest BCUT2D eigenvalue weighted by Crippen LogP contribution is -2.58. The summed E-state index contributed by atoms with van der Waals surface area (Å²) in [6, 6.07) is 9.79. The second-order valence-corrected chi connectivity index (χ2v) is 5.68. The number of nitrogens with two attached hydrogens (primary N) is 1. The molecule has 0 bridgehead atoms. The number of hydrogen-bond acceptors (Lipinski definition) is 3. The first-order chi connectivity index (χ1) is 10.0. The SMILES string of the molecule is CCC(CC)(NC(=O)C1(c2ccccc2)CC1)C(N)=NO. The fourth-order valence-electron chi connectivity index (χ4n) is 2.81. The van der Waals surface area contributed by atoms with Crippen LogP contribution >= 0.6 is 0 Å². The molecule has 1 amide bonds. The molecule has 1 saturated carbocycles. The van der Waals surface area contributed by atoms with Crippen molar-refractivity contribution in [3.63, 3.8) is 0 Å². The van der Waals surface area contributed by atoms with Crippen LogP contribution in [0.3, 0.4) is 0 Å². The summed E-state index contributed by atoms with van der Waals surface area (Å²) in [4.78, 5) is 12.8. The molecule has 0 radical (unpaired) electrons. The molecule has 1 aromatic carbocycles. The van der Waals surface area contributed by atoms with Gasteiger partial charge in [0.25, 0.3) is 0 Å². The Morgan fingerprint density at radius 1 is 1.33 bits per heavy atom. The second-order valence-electron chi connectivity index (χ2n) is 5.68. The summed E-state index contributed by atoms with van der Waals surface area (Å²) in [7, 11) is 0. The minimum atomic E-state index is -0.782. The van der Waals surface area contributed by atoms with Gasteiger partial charge in [0.05, 0.1) is 5.41 Å². The zero-order chi connectivity index (χ0) is 15.5. The molecule has 0 atom stereocenters. The van der Waals surface area contributed by atoms with Crippen molar-refractivity contribution in [2.45, 2.75) is 50.5 Å². The van der Waals surface area contributed by atoms with Gasteiger partial charge in [-0.2, -0.15) is 0 Å². The van der Waals surface area contributed by atoms with Crippen LogP contribution in [-0.4, -0.2) is 22.5 Å². The van der Waals surface area contributed by atoms with Crippen LogP contribution in [0.25, 0.3) is 0 Å². The van der Waals surface area contributed by atoms with Gasteiger partial charge in [-0.3, -0.25) is 4.79 Å². The van der Waals surface area contributed by atoms with E-state index in [4.69, 9.17) is 10.9 Å². The third-order valence-corrected chi connectivity index (χ3v) is 4.67. The average molecular weight is 289 g/mol. The highest BCUT2D eigenvalue weighted by atomic mass is 16.4. The summed E-state index contributed by atoms with van der Waals surface area (Å²) < 4.78 is 0. The van der Waals surface area contributed by atoms with Crippen LogP contribution in [0.1, 0.15) is 45.1 Å². The minimum absolute atomic E-state index is 0.0380. The van der Waals surface area contributed by atoms with Gasteiger partial charge in [-0.1, -0.05) is 49.3 Å². The first kappa shape index (κ1) is 15.4. The maximum absolute atomic E-state index is 12.8. The van der Waals surface area contributed by atoms with Gasteiger partial charge in [-0.05, 0) is 31.2 Å². The maximum Gasteiger partial charge on any atom is 0.231 e. The molecule has 1 fully saturated rings. The van der Waals surface area contributed by atoms with Crippen LogP contribution in [-0.2, 0) is 10.2 Å². The predicted octanol–water partition coefficient (Wildman–Crippen LogP) is 2.14. The Hall–Kier alpha value is -2.04. The summed E-state index contributed by atoms with van der Waals surface area (Å²) in [5.74, 6) is 0.0220. The van der Waals surface area contributed by atoms with Crippen LogP contribution < -0.4 is 11.1 Å². The summed E-state index contributed by atoms with van der Waals surface area (Å²) in [5, 5.41) is 15.1. The lowest BCUT2D eigenvalue weighted by Gasteiger charge is -2.33. The van der Waals surface area contributed by atoms with Crippen LogP contribution in [0, 0.1) is 0 Å². The summed E-state index contributed by atoms with van der Waals surface area (Å²) >= 11 is 0.